The van der Waals surface area contributed by atoms with Gasteiger partial charge >= 0.3 is 0 Å². The molecule has 1 N–H and O–H groups in total. The van der Waals surface area contributed by atoms with Gasteiger partial charge in [-0.05, 0) is 56.0 Å². The van der Waals surface area contributed by atoms with Gasteiger partial charge in [-0.1, -0.05) is 36.4 Å². The number of rotatable bonds is 6. The van der Waals surface area contributed by atoms with Crippen LogP contribution in [0.25, 0.3) is 5.69 Å². The molecule has 1 aromatic heterocycles. The first-order chi connectivity index (χ1) is 16.5. The van der Waals surface area contributed by atoms with Gasteiger partial charge in [0.15, 0.2) is 0 Å². The van der Waals surface area contributed by atoms with E-state index in [0.717, 1.165) is 41.0 Å². The zero-order valence-corrected chi connectivity index (χ0v) is 19.8. The summed E-state index contributed by atoms with van der Waals surface area (Å²) in [4.78, 5) is 30.1. The molecular formula is C27H31N5O2. The Bertz CT molecular complexity index is 1170. The van der Waals surface area contributed by atoms with Crippen LogP contribution in [0.4, 0.5) is 5.69 Å². The number of anilines is 1. The average Bonchev–Trinajstić information content (AvgIpc) is 3.60. The Kier molecular flexibility index (Phi) is 6.20. The number of nitrogens with one attached hydrogen (secondary N) is 1. The largest absolute Gasteiger partial charge is 0.335 e. The highest BCUT2D eigenvalue weighted by Gasteiger charge is 2.31. The molecule has 34 heavy (non-hydrogen) atoms. The normalized spacial score (nSPS) is 16.5. The third-order valence-electron chi connectivity index (χ3n) is 6.72. The minimum Gasteiger partial charge on any atom is -0.335 e. The maximum Gasteiger partial charge on any atom is 0.272 e. The Labute approximate surface area is 200 Å². The lowest BCUT2D eigenvalue weighted by Crippen LogP contribution is -2.50. The second-order valence-electron chi connectivity index (χ2n) is 9.36. The number of aromatic nitrogens is 2. The molecule has 7 nitrogen and oxygen atoms in total. The van der Waals surface area contributed by atoms with Crippen LogP contribution in [0.5, 0.6) is 0 Å². The summed E-state index contributed by atoms with van der Waals surface area (Å²) in [6, 6.07) is 17.8. The number of hydrogen-bond acceptors (Lipinski definition) is 4. The Hall–Kier alpha value is -3.45. The van der Waals surface area contributed by atoms with Crippen molar-refractivity contribution < 1.29 is 9.59 Å². The lowest BCUT2D eigenvalue weighted by Gasteiger charge is -2.34. The van der Waals surface area contributed by atoms with Gasteiger partial charge in [0.25, 0.3) is 5.91 Å². The fourth-order valence-corrected chi connectivity index (χ4v) is 4.56. The fourth-order valence-electron chi connectivity index (χ4n) is 4.56. The Morgan fingerprint density at radius 3 is 2.26 bits per heavy atom. The molecule has 7 heteroatoms. The Morgan fingerprint density at radius 1 is 0.941 bits per heavy atom. The lowest BCUT2D eigenvalue weighted by molar-refractivity contribution is -0.117. The lowest BCUT2D eigenvalue weighted by atomic mass is 10.1. The summed E-state index contributed by atoms with van der Waals surface area (Å²) in [6.45, 7) is 6.84. The van der Waals surface area contributed by atoms with Gasteiger partial charge in [-0.2, -0.15) is 5.10 Å². The second kappa shape index (κ2) is 9.43. The van der Waals surface area contributed by atoms with Crippen LogP contribution in [0, 0.1) is 13.8 Å². The Morgan fingerprint density at radius 2 is 1.62 bits per heavy atom. The molecule has 5 rings (SSSR count). The summed E-state index contributed by atoms with van der Waals surface area (Å²) < 4.78 is 1.79. The third kappa shape index (κ3) is 4.75. The topological polar surface area (TPSA) is 70.5 Å². The van der Waals surface area contributed by atoms with Crippen LogP contribution >= 0.6 is 0 Å². The van der Waals surface area contributed by atoms with Crippen molar-refractivity contribution in [2.45, 2.75) is 32.6 Å². The SMILES string of the molecule is Cc1cccc(C)c1NC(=O)CN1CCN(C(=O)c2cc(C3CC3)nn2-c2ccccc2)CC1. The van der Waals surface area contributed by atoms with Gasteiger partial charge in [-0.3, -0.25) is 14.5 Å². The zero-order chi connectivity index (χ0) is 23.7. The highest BCUT2D eigenvalue weighted by molar-refractivity contribution is 5.94. The molecule has 2 aliphatic rings. The monoisotopic (exact) mass is 457 g/mol. The maximum atomic E-state index is 13.5. The van der Waals surface area contributed by atoms with E-state index in [2.05, 4.69) is 10.2 Å². The van der Waals surface area contributed by atoms with Gasteiger partial charge < -0.3 is 10.2 Å². The second-order valence-corrected chi connectivity index (χ2v) is 9.36. The van der Waals surface area contributed by atoms with Crippen LogP contribution < -0.4 is 5.32 Å². The van der Waals surface area contributed by atoms with Gasteiger partial charge in [0, 0.05) is 37.8 Å². The average molecular weight is 458 g/mol. The number of carbonyl (C=O) groups is 2. The van der Waals surface area contributed by atoms with Crippen molar-refractivity contribution in [2.75, 3.05) is 38.0 Å². The number of para-hydroxylation sites is 2. The molecule has 2 fully saturated rings. The third-order valence-corrected chi connectivity index (χ3v) is 6.72. The number of nitrogens with zero attached hydrogens (tertiary/aromatic N) is 4. The molecule has 1 aliphatic heterocycles. The van der Waals surface area contributed by atoms with E-state index in [1.54, 1.807) is 4.68 Å². The van der Waals surface area contributed by atoms with E-state index in [0.29, 0.717) is 44.3 Å². The molecule has 0 radical (unpaired) electrons. The first-order valence-corrected chi connectivity index (χ1v) is 12.0. The maximum absolute atomic E-state index is 13.5. The van der Waals surface area contributed by atoms with E-state index < -0.39 is 0 Å². The van der Waals surface area contributed by atoms with E-state index in [4.69, 9.17) is 5.10 Å². The van der Waals surface area contributed by atoms with Gasteiger partial charge in [-0.15, -0.1) is 0 Å². The van der Waals surface area contributed by atoms with Crippen LogP contribution in [0.15, 0.2) is 54.6 Å². The number of piperazine rings is 1. The van der Waals surface area contributed by atoms with Crippen LogP contribution in [-0.4, -0.2) is 64.1 Å². The van der Waals surface area contributed by atoms with Crippen molar-refractivity contribution >= 4 is 17.5 Å². The molecule has 2 heterocycles. The summed E-state index contributed by atoms with van der Waals surface area (Å²) in [5.74, 6) is 0.458. The van der Waals surface area contributed by atoms with E-state index in [9.17, 15) is 9.59 Å². The number of hydrogen-bond donors (Lipinski definition) is 1. The summed E-state index contributed by atoms with van der Waals surface area (Å²) in [5, 5.41) is 7.83. The minimum absolute atomic E-state index is 0.00268. The highest BCUT2D eigenvalue weighted by atomic mass is 16.2. The predicted molar refractivity (Wildman–Crippen MR) is 132 cm³/mol. The molecule has 0 unspecified atom stereocenters. The summed E-state index contributed by atoms with van der Waals surface area (Å²) in [5.41, 5.74) is 5.54. The number of carbonyl (C=O) groups excluding carboxylic acids is 2. The number of aryl methyl sites for hydroxylation is 2. The standard InChI is InChI=1S/C27H31N5O2/c1-19-7-6-8-20(2)26(19)28-25(33)18-30-13-15-31(16-14-30)27(34)24-17-23(21-11-12-21)29-32(24)22-9-4-3-5-10-22/h3-10,17,21H,11-16,18H2,1-2H3,(H,28,33). The summed E-state index contributed by atoms with van der Waals surface area (Å²) >= 11 is 0. The number of benzene rings is 2. The molecule has 2 amide bonds. The van der Waals surface area contributed by atoms with E-state index in [1.807, 2.05) is 73.3 Å². The fraction of sp³-hybridized carbons (Fsp3) is 0.370. The smallest absolute Gasteiger partial charge is 0.272 e. The molecule has 0 atom stereocenters. The van der Waals surface area contributed by atoms with Crippen molar-refractivity contribution in [3.05, 3.63) is 77.1 Å². The molecule has 1 saturated carbocycles. The van der Waals surface area contributed by atoms with Crippen molar-refractivity contribution in [1.82, 2.24) is 19.6 Å². The highest BCUT2D eigenvalue weighted by Crippen LogP contribution is 2.40. The van der Waals surface area contributed by atoms with E-state index in [-0.39, 0.29) is 11.8 Å². The van der Waals surface area contributed by atoms with Gasteiger partial charge in [0.05, 0.1) is 17.9 Å². The first kappa shape index (κ1) is 22.3. The molecule has 176 valence electrons. The number of amides is 2. The molecule has 1 saturated heterocycles. The van der Waals surface area contributed by atoms with Crippen LogP contribution in [-0.2, 0) is 4.79 Å². The predicted octanol–water partition coefficient (Wildman–Crippen LogP) is 3.76. The Balaban J connectivity index is 1.22. The molecule has 3 aromatic rings. The van der Waals surface area contributed by atoms with Crippen molar-refractivity contribution in [3.63, 3.8) is 0 Å². The summed E-state index contributed by atoms with van der Waals surface area (Å²) in [7, 11) is 0. The van der Waals surface area contributed by atoms with Crippen LogP contribution in [0.2, 0.25) is 0 Å². The minimum atomic E-state index is -0.0200. The zero-order valence-electron chi connectivity index (χ0n) is 19.8. The molecule has 1 aliphatic carbocycles. The summed E-state index contributed by atoms with van der Waals surface area (Å²) in [6.07, 6.45) is 2.28. The van der Waals surface area contributed by atoms with Gasteiger partial charge in [-0.25, -0.2) is 4.68 Å². The van der Waals surface area contributed by atoms with Crippen molar-refractivity contribution in [1.29, 1.82) is 0 Å². The van der Waals surface area contributed by atoms with Crippen molar-refractivity contribution in [2.24, 2.45) is 0 Å². The quantitative estimate of drug-likeness (QED) is 0.612. The van der Waals surface area contributed by atoms with Gasteiger partial charge in [0.1, 0.15) is 5.69 Å². The first-order valence-electron chi connectivity index (χ1n) is 12.0. The molecule has 2 aromatic carbocycles. The van der Waals surface area contributed by atoms with Crippen molar-refractivity contribution in [3.8, 4) is 5.69 Å². The van der Waals surface area contributed by atoms with E-state index >= 15 is 0 Å². The molecule has 0 bridgehead atoms. The van der Waals surface area contributed by atoms with Gasteiger partial charge in [0.2, 0.25) is 5.91 Å². The van der Waals surface area contributed by atoms with Crippen LogP contribution in [0.1, 0.15) is 46.1 Å². The van der Waals surface area contributed by atoms with Crippen LogP contribution in [0.3, 0.4) is 0 Å². The molecular weight excluding hydrogens is 426 g/mol. The molecule has 0 spiro atoms. The van der Waals surface area contributed by atoms with E-state index in [1.165, 1.54) is 0 Å².